The molecule has 2 aromatic rings. The molecule has 30 heavy (non-hydrogen) atoms. The monoisotopic (exact) mass is 489 g/mol. The van der Waals surface area contributed by atoms with Gasteiger partial charge in [-0.25, -0.2) is 9.78 Å². The number of rotatable bonds is 5. The molecule has 1 aromatic carbocycles. The molecular weight excluding hydrogens is 470 g/mol. The summed E-state index contributed by atoms with van der Waals surface area (Å²) in [6, 6.07) is 7.59. The smallest absolute Gasteiger partial charge is 0.325 e. The van der Waals surface area contributed by atoms with Gasteiger partial charge in [0.2, 0.25) is 5.95 Å². The summed E-state index contributed by atoms with van der Waals surface area (Å²) < 4.78 is 0.943. The zero-order chi connectivity index (χ0) is 20.9. The highest BCUT2D eigenvalue weighted by atomic mass is 79.9. The van der Waals surface area contributed by atoms with Gasteiger partial charge in [0.1, 0.15) is 5.82 Å². The van der Waals surface area contributed by atoms with Gasteiger partial charge in [-0.3, -0.25) is 4.90 Å². The zero-order valence-electron chi connectivity index (χ0n) is 16.4. The minimum absolute atomic E-state index is 0.0377. The Balaban J connectivity index is 1.34. The highest BCUT2D eigenvalue weighted by Gasteiger charge is 2.48. The number of likely N-dealkylation sites (N-methyl/N-ethyl adjacent to an activating group) is 1. The topological polar surface area (TPSA) is 76.6 Å². The third kappa shape index (κ3) is 3.56. The van der Waals surface area contributed by atoms with Gasteiger partial charge in [-0.2, -0.15) is 4.98 Å². The summed E-state index contributed by atoms with van der Waals surface area (Å²) in [5.74, 6) is 1.15. The number of hydrogen-bond donors (Lipinski definition) is 2. The van der Waals surface area contributed by atoms with Gasteiger partial charge >= 0.3 is 6.03 Å². The van der Waals surface area contributed by atoms with Crippen molar-refractivity contribution in [1.29, 1.82) is 0 Å². The Kier molecular flexibility index (Phi) is 4.74. The van der Waals surface area contributed by atoms with Gasteiger partial charge in [-0.15, -0.1) is 0 Å². The first-order chi connectivity index (χ1) is 14.4. The number of carbonyl (C=O) groups excluding carboxylic acids is 1. The maximum Gasteiger partial charge on any atom is 0.325 e. The first kappa shape index (κ1) is 19.4. The SMILES string of the molecule is CN1CCN(c2ccnc(NC3(C4=CN(c5cc(Cl)cc(Br)c5)CN4)CC3)n2)C1=O. The Morgan fingerprint density at radius 2 is 2.10 bits per heavy atom. The molecule has 2 fully saturated rings. The van der Waals surface area contributed by atoms with Crippen LogP contribution in [-0.4, -0.2) is 53.2 Å². The second-order valence-electron chi connectivity index (χ2n) is 7.78. The Bertz CT molecular complexity index is 1020. The lowest BCUT2D eigenvalue weighted by molar-refractivity contribution is 0.229. The van der Waals surface area contributed by atoms with E-state index in [1.165, 1.54) is 0 Å². The molecular formula is C20H21BrClN7O. The Labute approximate surface area is 188 Å². The van der Waals surface area contributed by atoms with Crippen molar-refractivity contribution in [2.24, 2.45) is 0 Å². The van der Waals surface area contributed by atoms with E-state index in [0.29, 0.717) is 36.5 Å². The summed E-state index contributed by atoms with van der Waals surface area (Å²) in [5, 5.41) is 7.67. The molecule has 1 aromatic heterocycles. The van der Waals surface area contributed by atoms with Gasteiger partial charge in [-0.1, -0.05) is 27.5 Å². The predicted molar refractivity (Wildman–Crippen MR) is 121 cm³/mol. The van der Waals surface area contributed by atoms with E-state index in [1.54, 1.807) is 29.1 Å². The summed E-state index contributed by atoms with van der Waals surface area (Å²) in [6.07, 6.45) is 5.77. The van der Waals surface area contributed by atoms with Crippen molar-refractivity contribution in [3.05, 3.63) is 51.9 Å². The van der Waals surface area contributed by atoms with Crippen molar-refractivity contribution < 1.29 is 4.79 Å². The quantitative estimate of drug-likeness (QED) is 0.667. The molecule has 10 heteroatoms. The van der Waals surface area contributed by atoms with Crippen molar-refractivity contribution in [3.63, 3.8) is 0 Å². The molecule has 2 N–H and O–H groups in total. The molecule has 0 unspecified atom stereocenters. The van der Waals surface area contributed by atoms with Crippen LogP contribution >= 0.6 is 27.5 Å². The van der Waals surface area contributed by atoms with Crippen LogP contribution in [0.4, 0.5) is 22.2 Å². The molecule has 3 aliphatic rings. The van der Waals surface area contributed by atoms with Crippen molar-refractivity contribution in [3.8, 4) is 0 Å². The second kappa shape index (κ2) is 7.31. The Hall–Kier alpha value is -2.52. The number of urea groups is 1. The molecule has 8 nitrogen and oxygen atoms in total. The number of hydrogen-bond acceptors (Lipinski definition) is 6. The largest absolute Gasteiger partial charge is 0.368 e. The van der Waals surface area contributed by atoms with Crippen molar-refractivity contribution in [2.45, 2.75) is 18.4 Å². The van der Waals surface area contributed by atoms with Crippen molar-refractivity contribution >= 4 is 51.0 Å². The summed E-state index contributed by atoms with van der Waals surface area (Å²) in [6.45, 7) is 2.00. The number of amides is 2. The molecule has 3 heterocycles. The standard InChI is InChI=1S/C20H21BrClN7O/c1-27-6-7-29(19(27)30)17-2-5-23-18(25-17)26-20(3-4-20)16-11-28(12-24-16)15-9-13(21)8-14(22)10-15/h2,5,8-11,24H,3-4,6-7,12H2,1H3,(H,23,25,26). The first-order valence-corrected chi connectivity index (χ1v) is 10.9. The van der Waals surface area contributed by atoms with Crippen LogP contribution in [0, 0.1) is 0 Å². The number of nitrogens with one attached hydrogen (secondary N) is 2. The van der Waals surface area contributed by atoms with Crippen molar-refractivity contribution in [2.75, 3.05) is 41.9 Å². The van der Waals surface area contributed by atoms with E-state index in [1.807, 2.05) is 18.2 Å². The van der Waals surface area contributed by atoms with Gasteiger partial charge < -0.3 is 20.4 Å². The highest BCUT2D eigenvalue weighted by molar-refractivity contribution is 9.10. The van der Waals surface area contributed by atoms with Gasteiger partial charge in [0.15, 0.2) is 0 Å². The summed E-state index contributed by atoms with van der Waals surface area (Å²) in [4.78, 5) is 26.8. The van der Waals surface area contributed by atoms with E-state index in [0.717, 1.165) is 28.7 Å². The lowest BCUT2D eigenvalue weighted by Gasteiger charge is -2.20. The van der Waals surface area contributed by atoms with E-state index in [-0.39, 0.29) is 11.6 Å². The molecule has 156 valence electrons. The van der Waals surface area contributed by atoms with Crippen LogP contribution in [0.2, 0.25) is 5.02 Å². The van der Waals surface area contributed by atoms with Crippen LogP contribution in [0.1, 0.15) is 12.8 Å². The Morgan fingerprint density at radius 3 is 2.80 bits per heavy atom. The lowest BCUT2D eigenvalue weighted by Crippen LogP contribution is -2.33. The zero-order valence-corrected chi connectivity index (χ0v) is 18.7. The molecule has 0 bridgehead atoms. The molecule has 1 saturated carbocycles. The third-order valence-corrected chi connectivity index (χ3v) is 6.33. The summed E-state index contributed by atoms with van der Waals surface area (Å²) >= 11 is 9.71. The first-order valence-electron chi connectivity index (χ1n) is 9.76. The number of carbonyl (C=O) groups is 1. The lowest BCUT2D eigenvalue weighted by atomic mass is 10.2. The highest BCUT2D eigenvalue weighted by Crippen LogP contribution is 2.45. The third-order valence-electron chi connectivity index (χ3n) is 5.65. The minimum Gasteiger partial charge on any atom is -0.368 e. The second-order valence-corrected chi connectivity index (χ2v) is 9.13. The van der Waals surface area contributed by atoms with Gasteiger partial charge in [0.05, 0.1) is 17.9 Å². The van der Waals surface area contributed by atoms with E-state index >= 15 is 0 Å². The molecule has 1 aliphatic carbocycles. The van der Waals surface area contributed by atoms with Gasteiger partial charge in [0, 0.05) is 47.7 Å². The molecule has 1 saturated heterocycles. The van der Waals surface area contributed by atoms with Crippen LogP contribution in [-0.2, 0) is 0 Å². The van der Waals surface area contributed by atoms with E-state index in [2.05, 4.69) is 47.6 Å². The van der Waals surface area contributed by atoms with Crippen molar-refractivity contribution in [1.82, 2.24) is 20.2 Å². The predicted octanol–water partition coefficient (Wildman–Crippen LogP) is 3.62. The number of benzene rings is 1. The van der Waals surface area contributed by atoms with Gasteiger partial charge in [-0.05, 0) is 37.1 Å². The molecule has 2 aliphatic heterocycles. The average molecular weight is 491 g/mol. The molecule has 5 rings (SSSR count). The molecule has 0 atom stereocenters. The molecule has 2 amide bonds. The van der Waals surface area contributed by atoms with E-state index < -0.39 is 0 Å². The van der Waals surface area contributed by atoms with Crippen LogP contribution in [0.15, 0.2) is 46.8 Å². The van der Waals surface area contributed by atoms with Gasteiger partial charge in [0.25, 0.3) is 0 Å². The summed E-state index contributed by atoms with van der Waals surface area (Å²) in [7, 11) is 1.80. The maximum atomic E-state index is 12.3. The minimum atomic E-state index is -0.213. The number of aromatic nitrogens is 2. The van der Waals surface area contributed by atoms with E-state index in [9.17, 15) is 4.79 Å². The average Bonchev–Trinajstić information content (AvgIpc) is 3.17. The number of halogens is 2. The van der Waals surface area contributed by atoms with Crippen LogP contribution < -0.4 is 20.4 Å². The fourth-order valence-electron chi connectivity index (χ4n) is 3.80. The van der Waals surface area contributed by atoms with E-state index in [4.69, 9.17) is 11.6 Å². The number of anilines is 3. The molecule has 0 radical (unpaired) electrons. The van der Waals surface area contributed by atoms with Crippen LogP contribution in [0.5, 0.6) is 0 Å². The van der Waals surface area contributed by atoms with Crippen LogP contribution in [0.25, 0.3) is 0 Å². The number of nitrogens with zero attached hydrogens (tertiary/aromatic N) is 5. The normalized spacial score (nSPS) is 19.8. The Morgan fingerprint density at radius 1 is 1.27 bits per heavy atom. The van der Waals surface area contributed by atoms with Crippen LogP contribution in [0.3, 0.4) is 0 Å². The maximum absolute atomic E-state index is 12.3. The molecule has 0 spiro atoms. The fraction of sp³-hybridized carbons (Fsp3) is 0.350. The summed E-state index contributed by atoms with van der Waals surface area (Å²) in [5.41, 5.74) is 1.90. The fourth-order valence-corrected chi connectivity index (χ4v) is 4.64.